The number of carbonyl (C=O) groups is 2. The predicted octanol–water partition coefficient (Wildman–Crippen LogP) is 0.641. The number of ether oxygens (including phenoxy) is 2. The van der Waals surface area contributed by atoms with Gasteiger partial charge in [-0.3, -0.25) is 9.59 Å². The van der Waals surface area contributed by atoms with E-state index >= 15 is 0 Å². The average molecular weight is 291 g/mol. The molecule has 6 nitrogen and oxygen atoms in total. The molecule has 0 unspecified atom stereocenters. The summed E-state index contributed by atoms with van der Waals surface area (Å²) in [7, 11) is 0. The van der Waals surface area contributed by atoms with Gasteiger partial charge in [0.05, 0.1) is 13.2 Å². The second-order valence-electron chi connectivity index (χ2n) is 5.19. The maximum absolute atomic E-state index is 12.3. The lowest BCUT2D eigenvalue weighted by Gasteiger charge is -2.26. The highest BCUT2D eigenvalue weighted by Gasteiger charge is 2.36. The van der Waals surface area contributed by atoms with Crippen molar-refractivity contribution in [1.29, 1.82) is 0 Å². The summed E-state index contributed by atoms with van der Waals surface area (Å²) in [5, 5.41) is 10.1. The molecule has 0 aromatic heterocycles. The number of rotatable bonds is 2. The van der Waals surface area contributed by atoms with Crippen molar-refractivity contribution in [2.45, 2.75) is 18.8 Å². The number of piperidine rings is 1. The third-order valence-corrected chi connectivity index (χ3v) is 3.78. The van der Waals surface area contributed by atoms with Crippen molar-refractivity contribution in [3.63, 3.8) is 0 Å². The summed E-state index contributed by atoms with van der Waals surface area (Å²) in [6.07, 6.45) is 0.844. The first kappa shape index (κ1) is 14.2. The lowest BCUT2D eigenvalue weighted by atomic mass is 10.1. The van der Waals surface area contributed by atoms with Crippen LogP contribution in [0.5, 0.6) is 0 Å². The highest BCUT2D eigenvalue weighted by Crippen LogP contribution is 2.28. The van der Waals surface area contributed by atoms with E-state index in [-0.39, 0.29) is 11.7 Å². The summed E-state index contributed by atoms with van der Waals surface area (Å²) < 4.78 is 10.3. The van der Waals surface area contributed by atoms with Crippen LogP contribution in [0, 0.1) is 0 Å². The molecule has 0 saturated carbocycles. The fourth-order valence-electron chi connectivity index (χ4n) is 2.53. The maximum atomic E-state index is 12.3. The zero-order valence-corrected chi connectivity index (χ0v) is 11.6. The van der Waals surface area contributed by atoms with Crippen molar-refractivity contribution in [2.75, 3.05) is 26.3 Å². The van der Waals surface area contributed by atoms with E-state index in [1.54, 1.807) is 29.2 Å². The molecule has 1 N–H and O–H groups in total. The lowest BCUT2D eigenvalue weighted by Crippen LogP contribution is -2.38. The summed E-state index contributed by atoms with van der Waals surface area (Å²) in [6, 6.07) is 6.51. The molecule has 3 rings (SSSR count). The molecule has 2 heterocycles. The molecule has 112 valence electrons. The van der Waals surface area contributed by atoms with Crippen LogP contribution in [0.15, 0.2) is 24.3 Å². The Morgan fingerprint density at radius 1 is 1.10 bits per heavy atom. The minimum atomic E-state index is -1.71. The van der Waals surface area contributed by atoms with Gasteiger partial charge in [0, 0.05) is 37.1 Å². The average Bonchev–Trinajstić information content (AvgIpc) is 2.96. The smallest absolute Gasteiger partial charge is 0.309 e. The normalized spacial score (nSPS) is 21.6. The predicted molar refractivity (Wildman–Crippen MR) is 72.4 cm³/mol. The van der Waals surface area contributed by atoms with Crippen molar-refractivity contribution < 1.29 is 24.2 Å². The van der Waals surface area contributed by atoms with E-state index in [4.69, 9.17) is 9.47 Å². The molecule has 1 amide bonds. The van der Waals surface area contributed by atoms with Crippen molar-refractivity contribution in [3.8, 4) is 0 Å². The molecule has 1 aromatic rings. The van der Waals surface area contributed by atoms with Gasteiger partial charge >= 0.3 is 5.97 Å². The molecule has 0 spiro atoms. The Morgan fingerprint density at radius 3 is 2.24 bits per heavy atom. The number of carbonyl (C=O) groups excluding carboxylic acids is 2. The monoisotopic (exact) mass is 291 g/mol. The number of nitrogens with zero attached hydrogens (tertiary/aromatic N) is 1. The zero-order valence-electron chi connectivity index (χ0n) is 11.6. The maximum Gasteiger partial charge on any atom is 0.309 e. The second-order valence-corrected chi connectivity index (χ2v) is 5.19. The molecular formula is C15H17NO5. The van der Waals surface area contributed by atoms with Crippen molar-refractivity contribution in [2.24, 2.45) is 0 Å². The number of ketones is 1. The Hall–Kier alpha value is -1.76. The summed E-state index contributed by atoms with van der Waals surface area (Å²) >= 11 is 0. The van der Waals surface area contributed by atoms with Crippen LogP contribution in [-0.4, -0.2) is 48.0 Å². The molecule has 2 fully saturated rings. The van der Waals surface area contributed by atoms with Gasteiger partial charge in [0.25, 0.3) is 5.91 Å². The van der Waals surface area contributed by atoms with Gasteiger partial charge in [0.1, 0.15) is 5.78 Å². The highest BCUT2D eigenvalue weighted by molar-refractivity contribution is 5.95. The molecule has 2 aliphatic heterocycles. The minimum absolute atomic E-state index is 0.103. The minimum Gasteiger partial charge on any atom is -0.339 e. The Morgan fingerprint density at radius 2 is 1.67 bits per heavy atom. The van der Waals surface area contributed by atoms with E-state index in [1.165, 1.54) is 0 Å². The van der Waals surface area contributed by atoms with E-state index < -0.39 is 5.97 Å². The third-order valence-electron chi connectivity index (χ3n) is 3.78. The second kappa shape index (κ2) is 5.55. The van der Waals surface area contributed by atoms with Gasteiger partial charge < -0.3 is 19.5 Å². The van der Waals surface area contributed by atoms with E-state index in [1.807, 2.05) is 0 Å². The molecule has 0 aliphatic carbocycles. The molecule has 2 saturated heterocycles. The Bertz CT molecular complexity index is 538. The summed E-state index contributed by atoms with van der Waals surface area (Å²) in [5.74, 6) is -1.61. The van der Waals surface area contributed by atoms with Gasteiger partial charge in [-0.2, -0.15) is 0 Å². The highest BCUT2D eigenvalue weighted by atomic mass is 16.8. The Labute approximate surface area is 122 Å². The number of amides is 1. The first-order chi connectivity index (χ1) is 10.1. The number of hydrogen-bond donors (Lipinski definition) is 1. The molecule has 1 aromatic carbocycles. The molecule has 0 radical (unpaired) electrons. The van der Waals surface area contributed by atoms with Gasteiger partial charge in [-0.1, -0.05) is 12.1 Å². The van der Waals surface area contributed by atoms with Crippen LogP contribution in [0.2, 0.25) is 0 Å². The van der Waals surface area contributed by atoms with Crippen LogP contribution in [0.25, 0.3) is 0 Å². The van der Waals surface area contributed by atoms with Crippen molar-refractivity contribution >= 4 is 11.7 Å². The molecule has 6 heteroatoms. The van der Waals surface area contributed by atoms with Gasteiger partial charge in [-0.25, -0.2) is 0 Å². The van der Waals surface area contributed by atoms with Crippen LogP contribution in [0.3, 0.4) is 0 Å². The number of benzene rings is 1. The fourth-order valence-corrected chi connectivity index (χ4v) is 2.53. The van der Waals surface area contributed by atoms with Gasteiger partial charge in [-0.05, 0) is 12.1 Å². The topological polar surface area (TPSA) is 76.1 Å². The number of aliphatic hydroxyl groups is 1. The summed E-state index contributed by atoms with van der Waals surface area (Å²) in [5.41, 5.74) is 0.986. The number of hydrogen-bond acceptors (Lipinski definition) is 5. The SMILES string of the molecule is O=C1CCN(C(=O)c2ccc(C3(O)OCCO3)cc2)CC1. The molecular weight excluding hydrogens is 274 g/mol. The van der Waals surface area contributed by atoms with Gasteiger partial charge in [0.2, 0.25) is 0 Å². The van der Waals surface area contributed by atoms with Crippen LogP contribution >= 0.6 is 0 Å². The molecule has 0 bridgehead atoms. The first-order valence-corrected chi connectivity index (χ1v) is 7.00. The summed E-state index contributed by atoms with van der Waals surface area (Å²) in [4.78, 5) is 25.2. The van der Waals surface area contributed by atoms with Crippen molar-refractivity contribution in [1.82, 2.24) is 4.90 Å². The standard InChI is InChI=1S/C15H17NO5/c17-13-5-7-16(8-6-13)14(18)11-1-3-12(4-2-11)15(19)20-9-10-21-15/h1-4,19H,5-10H2. The van der Waals surface area contributed by atoms with Crippen LogP contribution in [0.4, 0.5) is 0 Å². The van der Waals surface area contributed by atoms with Crippen LogP contribution in [-0.2, 0) is 20.2 Å². The number of likely N-dealkylation sites (tertiary alicyclic amines) is 1. The summed E-state index contributed by atoms with van der Waals surface area (Å²) in [6.45, 7) is 1.60. The largest absolute Gasteiger partial charge is 0.339 e. The molecule has 0 atom stereocenters. The molecule has 2 aliphatic rings. The third kappa shape index (κ3) is 2.83. The van der Waals surface area contributed by atoms with Crippen LogP contribution in [0.1, 0.15) is 28.8 Å². The first-order valence-electron chi connectivity index (χ1n) is 7.00. The fraction of sp³-hybridized carbons (Fsp3) is 0.467. The van der Waals surface area contributed by atoms with Crippen LogP contribution < -0.4 is 0 Å². The molecule has 21 heavy (non-hydrogen) atoms. The van der Waals surface area contributed by atoms with Gasteiger partial charge in [0.15, 0.2) is 0 Å². The lowest BCUT2D eigenvalue weighted by molar-refractivity contribution is -0.317. The van der Waals surface area contributed by atoms with E-state index in [0.717, 1.165) is 0 Å². The van der Waals surface area contributed by atoms with E-state index in [2.05, 4.69) is 0 Å². The Kier molecular flexibility index (Phi) is 3.75. The Balaban J connectivity index is 1.72. The zero-order chi connectivity index (χ0) is 14.9. The van der Waals surface area contributed by atoms with Crippen molar-refractivity contribution in [3.05, 3.63) is 35.4 Å². The van der Waals surface area contributed by atoms with Gasteiger partial charge in [-0.15, -0.1) is 0 Å². The number of Topliss-reactive ketones (excluding diaryl/α,β-unsaturated/α-hetero) is 1. The quantitative estimate of drug-likeness (QED) is 0.865. The van der Waals surface area contributed by atoms with E-state index in [9.17, 15) is 14.7 Å². The van der Waals surface area contributed by atoms with E-state index in [0.29, 0.717) is 50.3 Å².